The molecule has 0 aliphatic carbocycles. The summed E-state index contributed by atoms with van der Waals surface area (Å²) in [5, 5.41) is 7.32. The van der Waals surface area contributed by atoms with Crippen LogP contribution in [0, 0.1) is 0 Å². The molecule has 4 N–H and O–H groups in total. The number of fused-ring (bicyclic) bond motifs is 1. The maximum absolute atomic E-state index is 5.88. The third kappa shape index (κ3) is 4.95. The molecule has 0 saturated carbocycles. The first-order chi connectivity index (χ1) is 10.6. The van der Waals surface area contributed by atoms with Gasteiger partial charge in [0.25, 0.3) is 0 Å². The number of rotatable bonds is 4. The first-order valence-electron chi connectivity index (χ1n) is 7.11. The molecular formula is C17H20Cl3N3O. The van der Waals surface area contributed by atoms with Gasteiger partial charge in [-0.1, -0.05) is 29.8 Å². The van der Waals surface area contributed by atoms with E-state index in [0.29, 0.717) is 11.6 Å². The molecule has 0 atom stereocenters. The number of nitrogens with two attached hydrogens (primary N) is 1. The zero-order chi connectivity index (χ0) is 15.5. The minimum Gasteiger partial charge on any atom is -0.456 e. The Hall–Kier alpha value is -1.59. The van der Waals surface area contributed by atoms with Gasteiger partial charge in [-0.3, -0.25) is 0 Å². The Morgan fingerprint density at radius 3 is 2.38 bits per heavy atom. The van der Waals surface area contributed by atoms with Crippen LogP contribution >= 0.6 is 36.4 Å². The van der Waals surface area contributed by atoms with Crippen molar-refractivity contribution >= 4 is 42.1 Å². The van der Waals surface area contributed by atoms with E-state index in [9.17, 15) is 0 Å². The lowest BCUT2D eigenvalue weighted by molar-refractivity contribution is 0.415. The van der Waals surface area contributed by atoms with Gasteiger partial charge in [0.1, 0.15) is 11.6 Å². The summed E-state index contributed by atoms with van der Waals surface area (Å²) in [7, 11) is 0. The van der Waals surface area contributed by atoms with Crippen LogP contribution in [0.4, 0.5) is 5.69 Å². The van der Waals surface area contributed by atoms with Gasteiger partial charge in [0.2, 0.25) is 0 Å². The van der Waals surface area contributed by atoms with E-state index in [1.807, 2.05) is 49.4 Å². The molecule has 1 aliphatic rings. The Kier molecular flexibility index (Phi) is 7.70. The predicted molar refractivity (Wildman–Crippen MR) is 104 cm³/mol. The van der Waals surface area contributed by atoms with E-state index in [1.54, 1.807) is 0 Å². The molecule has 0 aromatic heterocycles. The maximum atomic E-state index is 5.88. The van der Waals surface area contributed by atoms with Crippen LogP contribution in [0.25, 0.3) is 0 Å². The lowest BCUT2D eigenvalue weighted by atomic mass is 10.1. The highest BCUT2D eigenvalue weighted by Gasteiger charge is 2.14. The topological polar surface area (TPSA) is 59.3 Å². The first-order valence-corrected chi connectivity index (χ1v) is 7.49. The highest BCUT2D eigenvalue weighted by molar-refractivity contribution is 6.30. The van der Waals surface area contributed by atoms with Crippen molar-refractivity contribution in [3.63, 3.8) is 0 Å². The van der Waals surface area contributed by atoms with E-state index in [-0.39, 0.29) is 24.8 Å². The van der Waals surface area contributed by atoms with Crippen molar-refractivity contribution in [1.29, 1.82) is 0 Å². The van der Waals surface area contributed by atoms with Crippen molar-refractivity contribution in [2.24, 2.45) is 5.73 Å². The zero-order valence-electron chi connectivity index (χ0n) is 13.1. The summed E-state index contributed by atoms with van der Waals surface area (Å²) in [5.74, 6) is 2.05. The van der Waals surface area contributed by atoms with Crippen LogP contribution in [-0.2, 0) is 13.1 Å². The molecule has 0 amide bonds. The highest BCUT2D eigenvalue weighted by Crippen LogP contribution is 2.31. The standard InChI is InChI=1S/C17H18ClN3O.2ClH/c1-11-17(19)21-15-8-13(4-7-16(15)22-11)10-20-9-12-2-5-14(18)6-3-12;;/h2-8,20-21H,9-10,19H2,1H3;2*1H. The van der Waals surface area contributed by atoms with Crippen molar-refractivity contribution in [2.75, 3.05) is 5.32 Å². The average Bonchev–Trinajstić information content (AvgIpc) is 2.51. The van der Waals surface area contributed by atoms with Crippen LogP contribution in [0.15, 0.2) is 54.0 Å². The molecule has 24 heavy (non-hydrogen) atoms. The lowest BCUT2D eigenvalue weighted by Gasteiger charge is -2.21. The third-order valence-electron chi connectivity index (χ3n) is 3.53. The van der Waals surface area contributed by atoms with Gasteiger partial charge in [0.15, 0.2) is 5.75 Å². The molecule has 0 radical (unpaired) electrons. The van der Waals surface area contributed by atoms with Crippen LogP contribution < -0.4 is 21.1 Å². The first kappa shape index (κ1) is 20.5. The fourth-order valence-corrected chi connectivity index (χ4v) is 2.41. The van der Waals surface area contributed by atoms with Crippen LogP contribution in [0.5, 0.6) is 5.75 Å². The highest BCUT2D eigenvalue weighted by atomic mass is 35.5. The van der Waals surface area contributed by atoms with Gasteiger partial charge >= 0.3 is 0 Å². The summed E-state index contributed by atoms with van der Waals surface area (Å²) < 4.78 is 5.64. The van der Waals surface area contributed by atoms with E-state index in [0.717, 1.165) is 35.1 Å². The molecule has 3 rings (SSSR count). The van der Waals surface area contributed by atoms with Crippen LogP contribution in [-0.4, -0.2) is 0 Å². The molecule has 1 aliphatic heterocycles. The largest absolute Gasteiger partial charge is 0.456 e. The van der Waals surface area contributed by atoms with Crippen molar-refractivity contribution in [3.8, 4) is 5.75 Å². The second-order valence-corrected chi connectivity index (χ2v) is 5.69. The molecule has 2 aromatic rings. The number of halogens is 3. The molecule has 4 nitrogen and oxygen atoms in total. The summed E-state index contributed by atoms with van der Waals surface area (Å²) in [6.45, 7) is 3.40. The number of allylic oxidation sites excluding steroid dienone is 1. The fourth-order valence-electron chi connectivity index (χ4n) is 2.28. The Morgan fingerprint density at radius 2 is 1.67 bits per heavy atom. The van der Waals surface area contributed by atoms with Gasteiger partial charge in [-0.25, -0.2) is 0 Å². The van der Waals surface area contributed by atoms with Crippen molar-refractivity contribution in [3.05, 3.63) is 70.2 Å². The number of hydrogen-bond donors (Lipinski definition) is 3. The quantitative estimate of drug-likeness (QED) is 0.725. The molecule has 7 heteroatoms. The lowest BCUT2D eigenvalue weighted by Crippen LogP contribution is -2.19. The molecule has 0 saturated heterocycles. The molecule has 130 valence electrons. The molecule has 0 spiro atoms. The molecule has 1 heterocycles. The Bertz CT molecular complexity index is 718. The average molecular weight is 389 g/mol. The fraction of sp³-hybridized carbons (Fsp3) is 0.176. The van der Waals surface area contributed by atoms with E-state index >= 15 is 0 Å². The van der Waals surface area contributed by atoms with Crippen molar-refractivity contribution in [2.45, 2.75) is 20.0 Å². The van der Waals surface area contributed by atoms with E-state index in [1.165, 1.54) is 5.56 Å². The van der Waals surface area contributed by atoms with Crippen LogP contribution in [0.1, 0.15) is 18.1 Å². The molecule has 0 bridgehead atoms. The number of ether oxygens (including phenoxy) is 1. The number of nitrogens with one attached hydrogen (secondary N) is 2. The van der Waals surface area contributed by atoms with E-state index in [4.69, 9.17) is 22.1 Å². The monoisotopic (exact) mass is 387 g/mol. The summed E-state index contributed by atoms with van der Waals surface area (Å²) in [4.78, 5) is 0. The number of benzene rings is 2. The molecular weight excluding hydrogens is 369 g/mol. The minimum atomic E-state index is 0. The summed E-state index contributed by atoms with van der Waals surface area (Å²) >= 11 is 5.88. The van der Waals surface area contributed by atoms with Gasteiger partial charge in [-0.2, -0.15) is 0 Å². The predicted octanol–water partition coefficient (Wildman–Crippen LogP) is 4.43. The van der Waals surface area contributed by atoms with E-state index < -0.39 is 0 Å². The molecule has 0 unspecified atom stereocenters. The van der Waals surface area contributed by atoms with Gasteiger partial charge in [-0.05, 0) is 42.3 Å². The zero-order valence-corrected chi connectivity index (χ0v) is 15.5. The van der Waals surface area contributed by atoms with Crippen LogP contribution in [0.2, 0.25) is 5.02 Å². The Labute approximate surface area is 159 Å². The Balaban J connectivity index is 0.00000144. The van der Waals surface area contributed by atoms with Crippen LogP contribution in [0.3, 0.4) is 0 Å². The third-order valence-corrected chi connectivity index (χ3v) is 3.78. The second-order valence-electron chi connectivity index (χ2n) is 5.26. The van der Waals surface area contributed by atoms with Crippen molar-refractivity contribution in [1.82, 2.24) is 5.32 Å². The van der Waals surface area contributed by atoms with Gasteiger partial charge < -0.3 is 21.1 Å². The minimum absolute atomic E-state index is 0. The molecule has 2 aromatic carbocycles. The maximum Gasteiger partial charge on any atom is 0.150 e. The number of hydrogen-bond acceptors (Lipinski definition) is 4. The summed E-state index contributed by atoms with van der Waals surface area (Å²) in [6, 6.07) is 13.9. The second kappa shape index (κ2) is 9.04. The van der Waals surface area contributed by atoms with Gasteiger partial charge in [0, 0.05) is 18.1 Å². The molecule has 0 fully saturated rings. The number of anilines is 1. The van der Waals surface area contributed by atoms with Crippen molar-refractivity contribution < 1.29 is 4.74 Å². The SMILES string of the molecule is CC1=C(N)Nc2cc(CNCc3ccc(Cl)cc3)ccc2O1.Cl.Cl. The van der Waals surface area contributed by atoms with Gasteiger partial charge in [0.05, 0.1) is 5.69 Å². The summed E-state index contributed by atoms with van der Waals surface area (Å²) in [5.41, 5.74) is 9.11. The van der Waals surface area contributed by atoms with Gasteiger partial charge in [-0.15, -0.1) is 24.8 Å². The summed E-state index contributed by atoms with van der Waals surface area (Å²) in [6.07, 6.45) is 0. The van der Waals surface area contributed by atoms with E-state index in [2.05, 4.69) is 10.6 Å². The normalized spacial score (nSPS) is 12.2. The Morgan fingerprint density at radius 1 is 1.04 bits per heavy atom. The smallest absolute Gasteiger partial charge is 0.150 e.